The van der Waals surface area contributed by atoms with Gasteiger partial charge < -0.3 is 10.1 Å². The van der Waals surface area contributed by atoms with Gasteiger partial charge in [0.25, 0.3) is 0 Å². The number of carbonyl (C=O) groups is 2. The Kier molecular flexibility index (Phi) is 2.72. The van der Waals surface area contributed by atoms with E-state index in [2.05, 4.69) is 10.3 Å². The molecular weight excluding hydrogens is 270 g/mol. The van der Waals surface area contributed by atoms with Crippen molar-refractivity contribution in [1.82, 2.24) is 9.40 Å². The standard InChI is InChI=1S/C12H12ClN3O3/c1-19-10(17)8-5-12(6-16(8)13)7-3-2-4-14-9(7)15-11(12)18/h2-4,8H,5-6H2,1H3,(H,14,15,18)/t8-,12-/m0/s1. The number of amides is 1. The molecule has 2 atom stereocenters. The SMILES string of the molecule is COC(=O)[C@@H]1C[C@@]2(CN1Cl)C(=O)Nc1ncccc12. The monoisotopic (exact) mass is 281 g/mol. The Morgan fingerprint density at radius 2 is 2.47 bits per heavy atom. The number of esters is 1. The number of ether oxygens (including phenoxy) is 1. The molecule has 1 aromatic rings. The molecular formula is C12H12ClN3O3. The van der Waals surface area contributed by atoms with E-state index in [4.69, 9.17) is 16.5 Å². The summed E-state index contributed by atoms with van der Waals surface area (Å²) < 4.78 is 6.06. The van der Waals surface area contributed by atoms with E-state index in [0.29, 0.717) is 12.2 Å². The van der Waals surface area contributed by atoms with Crippen LogP contribution in [0.1, 0.15) is 12.0 Å². The average molecular weight is 282 g/mol. The number of rotatable bonds is 1. The molecule has 7 heteroatoms. The molecule has 2 aliphatic heterocycles. The normalized spacial score (nSPS) is 29.4. The van der Waals surface area contributed by atoms with Gasteiger partial charge in [-0.15, -0.1) is 0 Å². The number of fused-ring (bicyclic) bond motifs is 2. The molecule has 19 heavy (non-hydrogen) atoms. The van der Waals surface area contributed by atoms with Gasteiger partial charge >= 0.3 is 5.97 Å². The van der Waals surface area contributed by atoms with E-state index >= 15 is 0 Å². The smallest absolute Gasteiger partial charge is 0.324 e. The van der Waals surface area contributed by atoms with Crippen LogP contribution in [0, 0.1) is 0 Å². The molecule has 100 valence electrons. The van der Waals surface area contributed by atoms with Crippen molar-refractivity contribution in [2.24, 2.45) is 0 Å². The van der Waals surface area contributed by atoms with Gasteiger partial charge in [-0.2, -0.15) is 0 Å². The lowest BCUT2D eigenvalue weighted by atomic mass is 9.80. The lowest BCUT2D eigenvalue weighted by Gasteiger charge is -2.19. The number of carbonyl (C=O) groups excluding carboxylic acids is 2. The second-order valence-corrected chi connectivity index (χ2v) is 5.17. The van der Waals surface area contributed by atoms with Crippen LogP contribution in [0.15, 0.2) is 18.3 Å². The summed E-state index contributed by atoms with van der Waals surface area (Å²) in [6.45, 7) is 0.263. The predicted octanol–water partition coefficient (Wildman–Crippen LogP) is 0.673. The average Bonchev–Trinajstić information content (AvgIpc) is 2.89. The maximum Gasteiger partial charge on any atom is 0.324 e. The van der Waals surface area contributed by atoms with Crippen LogP contribution in [0.4, 0.5) is 5.82 Å². The third kappa shape index (κ3) is 1.63. The molecule has 3 heterocycles. The molecule has 1 aromatic heterocycles. The third-order valence-electron chi connectivity index (χ3n) is 3.76. The van der Waals surface area contributed by atoms with Crippen molar-refractivity contribution in [2.45, 2.75) is 17.9 Å². The van der Waals surface area contributed by atoms with Crippen LogP contribution < -0.4 is 5.32 Å². The Morgan fingerprint density at radius 3 is 3.21 bits per heavy atom. The fraction of sp³-hybridized carbons (Fsp3) is 0.417. The number of nitrogens with one attached hydrogen (secondary N) is 1. The van der Waals surface area contributed by atoms with Gasteiger partial charge in [0.15, 0.2) is 0 Å². The van der Waals surface area contributed by atoms with Crippen LogP contribution >= 0.6 is 11.8 Å². The van der Waals surface area contributed by atoms with Gasteiger partial charge in [-0.3, -0.25) is 9.59 Å². The van der Waals surface area contributed by atoms with E-state index in [9.17, 15) is 9.59 Å². The van der Waals surface area contributed by atoms with E-state index in [1.807, 2.05) is 6.07 Å². The van der Waals surface area contributed by atoms with Crippen LogP contribution in [0.3, 0.4) is 0 Å². The zero-order valence-electron chi connectivity index (χ0n) is 10.2. The fourth-order valence-electron chi connectivity index (χ4n) is 2.80. The van der Waals surface area contributed by atoms with Crippen LogP contribution in [0.25, 0.3) is 0 Å². The summed E-state index contributed by atoms with van der Waals surface area (Å²) in [6, 6.07) is 2.98. The number of hydrogen-bond donors (Lipinski definition) is 1. The van der Waals surface area contributed by atoms with E-state index in [1.54, 1.807) is 12.3 Å². The van der Waals surface area contributed by atoms with E-state index in [1.165, 1.54) is 11.5 Å². The molecule has 0 radical (unpaired) electrons. The summed E-state index contributed by atoms with van der Waals surface area (Å²) in [5.41, 5.74) is -0.0263. The van der Waals surface area contributed by atoms with Crippen molar-refractivity contribution in [3.8, 4) is 0 Å². The van der Waals surface area contributed by atoms with Crippen molar-refractivity contribution in [3.63, 3.8) is 0 Å². The van der Waals surface area contributed by atoms with Gasteiger partial charge in [0.1, 0.15) is 11.9 Å². The zero-order valence-corrected chi connectivity index (χ0v) is 11.0. The molecule has 1 saturated heterocycles. The Labute approximate surface area is 114 Å². The molecule has 1 fully saturated rings. The highest BCUT2D eigenvalue weighted by Gasteiger charge is 2.56. The van der Waals surface area contributed by atoms with Crippen molar-refractivity contribution < 1.29 is 14.3 Å². The summed E-state index contributed by atoms with van der Waals surface area (Å²) in [4.78, 5) is 28.1. The molecule has 0 unspecified atom stereocenters. The van der Waals surface area contributed by atoms with Gasteiger partial charge in [-0.05, 0) is 24.3 Å². The molecule has 0 aromatic carbocycles. The summed E-state index contributed by atoms with van der Waals surface area (Å²) in [5, 5.41) is 2.74. The number of nitrogens with zero attached hydrogens (tertiary/aromatic N) is 2. The number of anilines is 1. The Morgan fingerprint density at radius 1 is 1.68 bits per heavy atom. The quantitative estimate of drug-likeness (QED) is 0.605. The minimum Gasteiger partial charge on any atom is -0.468 e. The highest BCUT2D eigenvalue weighted by Crippen LogP contribution is 2.46. The summed E-state index contributed by atoms with van der Waals surface area (Å²) in [7, 11) is 1.31. The summed E-state index contributed by atoms with van der Waals surface area (Å²) in [5.74, 6) is -0.0571. The van der Waals surface area contributed by atoms with Gasteiger partial charge in [0.2, 0.25) is 5.91 Å². The highest BCUT2D eigenvalue weighted by molar-refractivity contribution is 6.16. The largest absolute Gasteiger partial charge is 0.468 e. The van der Waals surface area contributed by atoms with Crippen LogP contribution in [0.2, 0.25) is 0 Å². The highest BCUT2D eigenvalue weighted by atomic mass is 35.5. The summed E-state index contributed by atoms with van der Waals surface area (Å²) >= 11 is 6.09. The first-order valence-corrected chi connectivity index (χ1v) is 6.19. The molecule has 0 bridgehead atoms. The molecule has 1 N–H and O–H groups in total. The molecule has 1 amide bonds. The second-order valence-electron chi connectivity index (χ2n) is 4.74. The van der Waals surface area contributed by atoms with Crippen LogP contribution in [0.5, 0.6) is 0 Å². The first-order valence-electron chi connectivity index (χ1n) is 5.86. The Hall–Kier alpha value is -1.66. The predicted molar refractivity (Wildman–Crippen MR) is 67.5 cm³/mol. The van der Waals surface area contributed by atoms with Crippen LogP contribution in [-0.2, 0) is 19.7 Å². The van der Waals surface area contributed by atoms with Crippen molar-refractivity contribution in [1.29, 1.82) is 0 Å². The number of halogens is 1. The zero-order chi connectivity index (χ0) is 13.6. The Bertz CT molecular complexity index is 565. The van der Waals surface area contributed by atoms with Gasteiger partial charge in [0, 0.05) is 18.3 Å². The maximum absolute atomic E-state index is 12.3. The van der Waals surface area contributed by atoms with Gasteiger partial charge in [-0.25, -0.2) is 9.40 Å². The number of hydrogen-bond acceptors (Lipinski definition) is 5. The molecule has 6 nitrogen and oxygen atoms in total. The summed E-state index contributed by atoms with van der Waals surface area (Å²) in [6.07, 6.45) is 1.91. The van der Waals surface area contributed by atoms with E-state index < -0.39 is 17.4 Å². The van der Waals surface area contributed by atoms with Crippen molar-refractivity contribution in [2.75, 3.05) is 19.0 Å². The second kappa shape index (κ2) is 4.18. The molecule has 1 spiro atoms. The first-order chi connectivity index (χ1) is 9.08. The maximum atomic E-state index is 12.3. The number of pyridine rings is 1. The molecule has 0 aliphatic carbocycles. The lowest BCUT2D eigenvalue weighted by molar-refractivity contribution is -0.144. The Balaban J connectivity index is 2.02. The van der Waals surface area contributed by atoms with Gasteiger partial charge in [-0.1, -0.05) is 6.07 Å². The topological polar surface area (TPSA) is 71.5 Å². The van der Waals surface area contributed by atoms with E-state index in [-0.39, 0.29) is 12.5 Å². The third-order valence-corrected chi connectivity index (χ3v) is 4.12. The minimum absolute atomic E-state index is 0.168. The lowest BCUT2D eigenvalue weighted by Crippen LogP contribution is -2.36. The van der Waals surface area contributed by atoms with Crippen LogP contribution in [-0.4, -0.2) is 41.0 Å². The minimum atomic E-state index is -0.815. The first kappa shape index (κ1) is 12.4. The van der Waals surface area contributed by atoms with E-state index in [0.717, 1.165) is 5.56 Å². The fourth-order valence-corrected chi connectivity index (χ4v) is 3.15. The van der Waals surface area contributed by atoms with Crippen molar-refractivity contribution in [3.05, 3.63) is 23.9 Å². The van der Waals surface area contributed by atoms with Gasteiger partial charge in [0.05, 0.1) is 12.5 Å². The number of methoxy groups -OCH3 is 1. The number of aromatic nitrogens is 1. The van der Waals surface area contributed by atoms with Crippen molar-refractivity contribution >= 4 is 29.5 Å². The molecule has 3 rings (SSSR count). The molecule has 0 saturated carbocycles. The molecule has 2 aliphatic rings.